The van der Waals surface area contributed by atoms with Crippen molar-refractivity contribution in [3.63, 3.8) is 0 Å². The molecule has 0 saturated carbocycles. The van der Waals surface area contributed by atoms with Crippen molar-refractivity contribution in [2.75, 3.05) is 13.2 Å². The fraction of sp³-hybridized carbons (Fsp3) is 1.00. The summed E-state index contributed by atoms with van der Waals surface area (Å²) in [4.78, 5) is -0.537. The van der Waals surface area contributed by atoms with Crippen molar-refractivity contribution in [1.82, 2.24) is 0 Å². The Kier molecular flexibility index (Phi) is 4.66. The third kappa shape index (κ3) is 5.01. The molecule has 0 aromatic carbocycles. The molecule has 16 heavy (non-hydrogen) atoms. The lowest BCUT2D eigenvalue weighted by molar-refractivity contribution is -0.0206. The van der Waals surface area contributed by atoms with E-state index in [1.807, 2.05) is 20.8 Å². The van der Waals surface area contributed by atoms with E-state index in [0.29, 0.717) is 32.0 Å². The van der Waals surface area contributed by atoms with Gasteiger partial charge in [0.1, 0.15) is 11.5 Å². The van der Waals surface area contributed by atoms with Crippen LogP contribution in [0.5, 0.6) is 0 Å². The Morgan fingerprint density at radius 2 is 2.19 bits per heavy atom. The summed E-state index contributed by atoms with van der Waals surface area (Å²) < 4.78 is 10.6. The Hall–Kier alpha value is 0.190. The number of aliphatic hydroxyl groups is 1. The van der Waals surface area contributed by atoms with Gasteiger partial charge in [0.25, 0.3) is 0 Å². The quantitative estimate of drug-likeness (QED) is 0.359. The molecule has 96 valence electrons. The van der Waals surface area contributed by atoms with Crippen LogP contribution in [0.1, 0.15) is 33.6 Å². The minimum atomic E-state index is -0.917. The van der Waals surface area contributed by atoms with Gasteiger partial charge in [-0.15, -0.1) is 12.6 Å². The molecular weight excluding hydrogens is 226 g/mol. The van der Waals surface area contributed by atoms with Crippen molar-refractivity contribution < 1.29 is 14.6 Å². The molecule has 5 heteroatoms. The van der Waals surface area contributed by atoms with Gasteiger partial charge in [-0.25, -0.2) is 0 Å². The number of thiol groups is 1. The molecule has 0 amide bonds. The number of ether oxygens (including phenoxy) is 2. The Balaban J connectivity index is 2.22. The lowest BCUT2D eigenvalue weighted by atomic mass is 10.1. The van der Waals surface area contributed by atoms with E-state index in [4.69, 9.17) is 15.2 Å². The van der Waals surface area contributed by atoms with Gasteiger partial charge in [0.15, 0.2) is 5.79 Å². The Labute approximate surface area is 103 Å². The smallest absolute Gasteiger partial charge is 0.189 e. The second-order valence-corrected chi connectivity index (χ2v) is 6.00. The van der Waals surface area contributed by atoms with Crippen LogP contribution in [-0.2, 0) is 9.47 Å². The molecule has 1 heterocycles. The first-order valence-corrected chi connectivity index (χ1v) is 6.17. The molecule has 0 aromatic heterocycles. The summed E-state index contributed by atoms with van der Waals surface area (Å²) in [7, 11) is 0. The maximum absolute atomic E-state index is 9.53. The molecule has 3 N–H and O–H groups in total. The first-order chi connectivity index (χ1) is 7.24. The summed E-state index contributed by atoms with van der Waals surface area (Å²) in [6.45, 7) is 6.91. The van der Waals surface area contributed by atoms with Crippen LogP contribution >= 0.6 is 12.6 Å². The molecule has 4 unspecified atom stereocenters. The summed E-state index contributed by atoms with van der Waals surface area (Å²) in [5, 5.41) is 9.53. The van der Waals surface area contributed by atoms with E-state index < -0.39 is 10.7 Å². The maximum Gasteiger partial charge on any atom is 0.189 e. The highest BCUT2D eigenvalue weighted by Gasteiger charge is 2.43. The van der Waals surface area contributed by atoms with Crippen LogP contribution in [-0.4, -0.2) is 35.1 Å². The van der Waals surface area contributed by atoms with Crippen LogP contribution < -0.4 is 5.73 Å². The van der Waals surface area contributed by atoms with E-state index >= 15 is 0 Å². The molecule has 0 aliphatic carbocycles. The predicted molar refractivity (Wildman–Crippen MR) is 66.3 cm³/mol. The molecule has 1 aliphatic rings. The highest BCUT2D eigenvalue weighted by atomic mass is 32.1. The summed E-state index contributed by atoms with van der Waals surface area (Å²) >= 11 is 4.44. The minimum Gasteiger partial charge on any atom is -0.365 e. The van der Waals surface area contributed by atoms with Crippen LogP contribution in [0.25, 0.3) is 0 Å². The van der Waals surface area contributed by atoms with Gasteiger partial charge in [0.2, 0.25) is 0 Å². The van der Waals surface area contributed by atoms with E-state index in [1.165, 1.54) is 0 Å². The first kappa shape index (κ1) is 14.3. The molecule has 1 saturated heterocycles. The maximum atomic E-state index is 9.53. The van der Waals surface area contributed by atoms with Crippen molar-refractivity contribution in [3.05, 3.63) is 0 Å². The average Bonchev–Trinajstić information content (AvgIpc) is 2.91. The number of nitrogens with two attached hydrogens (primary N) is 1. The van der Waals surface area contributed by atoms with Gasteiger partial charge in [-0.2, -0.15) is 0 Å². The molecule has 1 fully saturated rings. The van der Waals surface area contributed by atoms with Crippen molar-refractivity contribution >= 4 is 12.6 Å². The van der Waals surface area contributed by atoms with E-state index in [1.54, 1.807) is 0 Å². The summed E-state index contributed by atoms with van der Waals surface area (Å²) in [6, 6.07) is 0.111. The largest absolute Gasteiger partial charge is 0.365 e. The van der Waals surface area contributed by atoms with Gasteiger partial charge in [-0.1, -0.05) is 6.92 Å². The van der Waals surface area contributed by atoms with Crippen LogP contribution in [0.2, 0.25) is 0 Å². The second-order valence-electron chi connectivity index (χ2n) is 5.06. The Bertz CT molecular complexity index is 229. The van der Waals surface area contributed by atoms with Crippen LogP contribution in [0, 0.1) is 5.92 Å². The van der Waals surface area contributed by atoms with E-state index in [-0.39, 0.29) is 6.04 Å². The fourth-order valence-corrected chi connectivity index (χ4v) is 1.38. The molecule has 0 spiro atoms. The predicted octanol–water partition coefficient (Wildman–Crippen LogP) is 1.13. The normalized spacial score (nSPS) is 31.9. The molecule has 4 atom stereocenters. The van der Waals surface area contributed by atoms with E-state index in [2.05, 4.69) is 12.6 Å². The number of epoxide rings is 1. The fourth-order valence-electron chi connectivity index (χ4n) is 1.19. The molecule has 1 rings (SSSR count). The van der Waals surface area contributed by atoms with Gasteiger partial charge in [-0.3, -0.25) is 0 Å². The van der Waals surface area contributed by atoms with Gasteiger partial charge in [0, 0.05) is 12.5 Å². The van der Waals surface area contributed by atoms with Gasteiger partial charge in [-0.05, 0) is 26.2 Å². The number of hydrogen-bond donors (Lipinski definition) is 3. The molecule has 1 aliphatic heterocycles. The molecule has 0 aromatic rings. The van der Waals surface area contributed by atoms with Crippen molar-refractivity contribution in [1.29, 1.82) is 0 Å². The summed E-state index contributed by atoms with van der Waals surface area (Å²) in [5.41, 5.74) is 5.75. The SMILES string of the molecule is CC(N)C(C)COC(C)(S)CCC1(O)CO1. The first-order valence-electron chi connectivity index (χ1n) is 5.72. The van der Waals surface area contributed by atoms with Gasteiger partial charge in [0.05, 0.1) is 6.61 Å². The zero-order valence-electron chi connectivity index (χ0n) is 10.3. The third-order valence-corrected chi connectivity index (χ3v) is 3.36. The van der Waals surface area contributed by atoms with Crippen LogP contribution in [0.3, 0.4) is 0 Å². The molecule has 4 nitrogen and oxygen atoms in total. The minimum absolute atomic E-state index is 0.111. The Morgan fingerprint density at radius 3 is 2.62 bits per heavy atom. The van der Waals surface area contributed by atoms with E-state index in [9.17, 15) is 5.11 Å². The lowest BCUT2D eigenvalue weighted by Crippen LogP contribution is -2.32. The van der Waals surface area contributed by atoms with Crippen molar-refractivity contribution in [3.8, 4) is 0 Å². The third-order valence-electron chi connectivity index (χ3n) is 3.01. The van der Waals surface area contributed by atoms with Crippen LogP contribution in [0.4, 0.5) is 0 Å². The summed E-state index contributed by atoms with van der Waals surface area (Å²) in [5.74, 6) is -0.619. The Morgan fingerprint density at radius 1 is 1.62 bits per heavy atom. The van der Waals surface area contributed by atoms with Gasteiger partial charge >= 0.3 is 0 Å². The van der Waals surface area contributed by atoms with Crippen molar-refractivity contribution in [2.24, 2.45) is 11.7 Å². The average molecular weight is 249 g/mol. The molecule has 0 bridgehead atoms. The zero-order chi connectivity index (χ0) is 12.4. The topological polar surface area (TPSA) is 68.0 Å². The number of rotatable bonds is 7. The van der Waals surface area contributed by atoms with Crippen LogP contribution in [0.15, 0.2) is 0 Å². The lowest BCUT2D eigenvalue weighted by Gasteiger charge is -2.27. The summed E-state index contributed by atoms with van der Waals surface area (Å²) in [6.07, 6.45) is 1.21. The standard InChI is InChI=1S/C11H23NO3S/c1-8(9(2)12)6-14-10(3,16)4-5-11(13)7-15-11/h8-9,13,16H,4-7,12H2,1-3H3. The molecular formula is C11H23NO3S. The zero-order valence-corrected chi connectivity index (χ0v) is 11.2. The monoisotopic (exact) mass is 249 g/mol. The second kappa shape index (κ2) is 5.23. The highest BCUT2D eigenvalue weighted by molar-refractivity contribution is 7.81. The molecule has 0 radical (unpaired) electrons. The van der Waals surface area contributed by atoms with E-state index in [0.717, 1.165) is 0 Å². The van der Waals surface area contributed by atoms with Crippen molar-refractivity contribution in [2.45, 2.75) is 50.4 Å². The number of hydrogen-bond acceptors (Lipinski definition) is 5. The highest BCUT2D eigenvalue weighted by Crippen LogP contribution is 2.33. The van der Waals surface area contributed by atoms with Gasteiger partial charge < -0.3 is 20.3 Å².